The monoisotopic (exact) mass is 568 g/mol. The van der Waals surface area contributed by atoms with Crippen LogP contribution in [0.5, 0.6) is 11.5 Å². The van der Waals surface area contributed by atoms with E-state index in [2.05, 4.69) is 19.1 Å². The van der Waals surface area contributed by atoms with E-state index in [1.165, 1.54) is 24.0 Å². The third-order valence-corrected chi connectivity index (χ3v) is 7.83. The number of carbonyl (C=O) groups is 1. The molecule has 8 heteroatoms. The number of ether oxygens (including phenoxy) is 3. The normalized spacial score (nSPS) is 14.8. The number of hydrogen-bond donors (Lipinski definition) is 0. The number of esters is 1. The van der Waals surface area contributed by atoms with Crippen molar-refractivity contribution in [3.05, 3.63) is 126 Å². The van der Waals surface area contributed by atoms with E-state index >= 15 is 0 Å². The minimum Gasteiger partial charge on any atom is -0.490 e. The molecule has 0 radical (unpaired) electrons. The van der Waals surface area contributed by atoms with Gasteiger partial charge in [-0.3, -0.25) is 9.36 Å². The number of thiazole rings is 1. The second kappa shape index (κ2) is 12.4. The predicted molar refractivity (Wildman–Crippen MR) is 160 cm³/mol. The molecule has 5 rings (SSSR count). The van der Waals surface area contributed by atoms with Gasteiger partial charge >= 0.3 is 5.97 Å². The Morgan fingerprint density at radius 3 is 2.44 bits per heavy atom. The fourth-order valence-corrected chi connectivity index (χ4v) is 5.83. The topological polar surface area (TPSA) is 79.1 Å². The number of rotatable bonds is 9. The van der Waals surface area contributed by atoms with E-state index < -0.39 is 12.0 Å². The maximum Gasteiger partial charge on any atom is 0.338 e. The Labute approximate surface area is 242 Å². The van der Waals surface area contributed by atoms with Crippen LogP contribution in [0.3, 0.4) is 0 Å². The van der Waals surface area contributed by atoms with Crippen molar-refractivity contribution in [1.29, 1.82) is 0 Å². The van der Waals surface area contributed by atoms with Crippen LogP contribution in [-0.4, -0.2) is 24.3 Å². The summed E-state index contributed by atoms with van der Waals surface area (Å²) >= 11 is 1.30. The molecular weight excluding hydrogens is 536 g/mol. The van der Waals surface area contributed by atoms with Crippen LogP contribution in [0, 0.1) is 6.92 Å². The molecule has 3 aromatic carbocycles. The highest BCUT2D eigenvalue weighted by Crippen LogP contribution is 2.32. The fourth-order valence-electron chi connectivity index (χ4n) is 4.81. The average molecular weight is 569 g/mol. The maximum absolute atomic E-state index is 13.9. The molecule has 2 heterocycles. The molecule has 41 heavy (non-hydrogen) atoms. The van der Waals surface area contributed by atoms with E-state index in [0.717, 1.165) is 16.7 Å². The quantitative estimate of drug-likeness (QED) is 0.263. The Bertz CT molecular complexity index is 1770. The van der Waals surface area contributed by atoms with E-state index in [-0.39, 0.29) is 5.56 Å². The second-order valence-electron chi connectivity index (χ2n) is 9.61. The van der Waals surface area contributed by atoms with Gasteiger partial charge < -0.3 is 14.2 Å². The van der Waals surface area contributed by atoms with E-state index in [1.54, 1.807) is 4.57 Å². The minimum absolute atomic E-state index is 0.225. The summed E-state index contributed by atoms with van der Waals surface area (Å²) in [6.45, 7) is 6.80. The lowest BCUT2D eigenvalue weighted by Gasteiger charge is -2.25. The largest absolute Gasteiger partial charge is 0.490 e. The Hall–Kier alpha value is -4.43. The van der Waals surface area contributed by atoms with E-state index in [0.29, 0.717) is 51.7 Å². The number of methoxy groups -OCH3 is 1. The molecular formula is C33H32N2O5S. The maximum atomic E-state index is 13.9. The van der Waals surface area contributed by atoms with Crippen LogP contribution in [0.25, 0.3) is 6.08 Å². The van der Waals surface area contributed by atoms with E-state index in [4.69, 9.17) is 19.2 Å². The number of nitrogens with zero attached hydrogens (tertiary/aromatic N) is 2. The van der Waals surface area contributed by atoms with Gasteiger partial charge in [-0.1, -0.05) is 84.5 Å². The molecule has 1 aliphatic rings. The van der Waals surface area contributed by atoms with Gasteiger partial charge in [0.2, 0.25) is 0 Å². The van der Waals surface area contributed by atoms with Gasteiger partial charge in [0, 0.05) is 0 Å². The zero-order chi connectivity index (χ0) is 28.9. The molecule has 1 aliphatic heterocycles. The lowest BCUT2D eigenvalue weighted by atomic mass is 9.95. The number of allylic oxidation sites excluding steroid dienone is 1. The number of benzene rings is 3. The summed E-state index contributed by atoms with van der Waals surface area (Å²) in [5.74, 6) is 0.742. The molecule has 0 bridgehead atoms. The fraction of sp³-hybridized carbons (Fsp3) is 0.242. The highest BCUT2D eigenvalue weighted by atomic mass is 32.1. The van der Waals surface area contributed by atoms with Gasteiger partial charge in [-0.05, 0) is 55.2 Å². The van der Waals surface area contributed by atoms with Crippen LogP contribution < -0.4 is 24.4 Å². The molecule has 1 aromatic heterocycles. The van der Waals surface area contributed by atoms with Crippen LogP contribution in [0.4, 0.5) is 0 Å². The summed E-state index contributed by atoms with van der Waals surface area (Å²) in [5, 5.41) is 0. The van der Waals surface area contributed by atoms with E-state index in [9.17, 15) is 9.59 Å². The minimum atomic E-state index is -0.631. The lowest BCUT2D eigenvalue weighted by molar-refractivity contribution is -0.136. The number of hydrogen-bond acceptors (Lipinski definition) is 7. The Morgan fingerprint density at radius 2 is 1.76 bits per heavy atom. The molecule has 0 N–H and O–H groups in total. The van der Waals surface area contributed by atoms with Crippen molar-refractivity contribution in [2.45, 2.75) is 39.8 Å². The van der Waals surface area contributed by atoms with Gasteiger partial charge in [0.25, 0.3) is 5.56 Å². The highest BCUT2D eigenvalue weighted by Gasteiger charge is 2.33. The molecule has 4 aromatic rings. The van der Waals surface area contributed by atoms with Gasteiger partial charge in [0.05, 0.1) is 35.6 Å². The van der Waals surface area contributed by atoms with Crippen molar-refractivity contribution in [2.75, 3.05) is 13.7 Å². The first kappa shape index (κ1) is 28.1. The van der Waals surface area contributed by atoms with Crippen molar-refractivity contribution in [2.24, 2.45) is 4.99 Å². The summed E-state index contributed by atoms with van der Waals surface area (Å²) in [5.41, 5.74) is 4.64. The number of carbonyl (C=O) groups excluding carboxylic acids is 1. The smallest absolute Gasteiger partial charge is 0.338 e. The van der Waals surface area contributed by atoms with Crippen molar-refractivity contribution < 1.29 is 19.0 Å². The summed E-state index contributed by atoms with van der Waals surface area (Å²) < 4.78 is 19.2. The van der Waals surface area contributed by atoms with Crippen LogP contribution in [0.2, 0.25) is 0 Å². The van der Waals surface area contributed by atoms with Gasteiger partial charge in [-0.25, -0.2) is 9.79 Å². The van der Waals surface area contributed by atoms with Crippen molar-refractivity contribution in [1.82, 2.24) is 4.57 Å². The third-order valence-electron chi connectivity index (χ3n) is 6.85. The number of aromatic nitrogens is 1. The zero-order valence-corrected chi connectivity index (χ0v) is 24.4. The zero-order valence-electron chi connectivity index (χ0n) is 23.5. The third kappa shape index (κ3) is 5.88. The summed E-state index contributed by atoms with van der Waals surface area (Å²) in [4.78, 5) is 32.1. The molecule has 0 saturated heterocycles. The Balaban J connectivity index is 1.56. The molecule has 7 nitrogen and oxygen atoms in total. The second-order valence-corrected chi connectivity index (χ2v) is 10.6. The van der Waals surface area contributed by atoms with Crippen LogP contribution >= 0.6 is 11.3 Å². The standard InChI is InChI=1S/C33H32N2O5S/c1-5-25-29(32(37)38-4)30(24-10-8-7-9-11-24)35-31(36)28(41-33(35)34-25)19-23-16-17-26(27(18-23)39-6-2)40-20-22-14-12-21(3)13-15-22/h7-19,30H,5-6,20H2,1-4H3/b28-19-/t30-/m1/s1. The van der Waals surface area contributed by atoms with Crippen LogP contribution in [0.1, 0.15) is 48.6 Å². The number of aryl methyl sites for hydroxylation is 1. The molecule has 0 unspecified atom stereocenters. The first-order chi connectivity index (χ1) is 19.9. The lowest BCUT2D eigenvalue weighted by Crippen LogP contribution is -2.40. The number of fused-ring (bicyclic) bond motifs is 1. The highest BCUT2D eigenvalue weighted by molar-refractivity contribution is 7.07. The molecule has 0 amide bonds. The van der Waals surface area contributed by atoms with Gasteiger partial charge in [0.1, 0.15) is 6.61 Å². The molecule has 1 atom stereocenters. The van der Waals surface area contributed by atoms with Gasteiger partial charge in [0.15, 0.2) is 16.3 Å². The SMILES string of the molecule is CCOc1cc(/C=c2\sc3n(c2=O)[C@H](c2ccccc2)C(C(=O)OC)=C(CC)N=3)ccc1OCc1ccc(C)cc1. The summed E-state index contributed by atoms with van der Waals surface area (Å²) in [6.07, 6.45) is 2.35. The van der Waals surface area contributed by atoms with Crippen LogP contribution in [0.15, 0.2) is 93.9 Å². The van der Waals surface area contributed by atoms with Crippen molar-refractivity contribution >= 4 is 23.4 Å². The first-order valence-corrected chi connectivity index (χ1v) is 14.4. The molecule has 0 spiro atoms. The summed E-state index contributed by atoms with van der Waals surface area (Å²) in [6, 6.07) is 22.7. The van der Waals surface area contributed by atoms with Gasteiger partial charge in [-0.15, -0.1) is 0 Å². The molecule has 210 valence electrons. The van der Waals surface area contributed by atoms with Gasteiger partial charge in [-0.2, -0.15) is 0 Å². The molecule has 0 fully saturated rings. The van der Waals surface area contributed by atoms with Crippen molar-refractivity contribution in [3.63, 3.8) is 0 Å². The Morgan fingerprint density at radius 1 is 1.00 bits per heavy atom. The first-order valence-electron chi connectivity index (χ1n) is 13.6. The Kier molecular flexibility index (Phi) is 8.50. The molecule has 0 aliphatic carbocycles. The van der Waals surface area contributed by atoms with E-state index in [1.807, 2.05) is 80.6 Å². The predicted octanol–water partition coefficient (Wildman–Crippen LogP) is 5.08. The summed E-state index contributed by atoms with van der Waals surface area (Å²) in [7, 11) is 1.35. The average Bonchev–Trinajstić information content (AvgIpc) is 3.30. The molecule has 0 saturated carbocycles. The van der Waals surface area contributed by atoms with Crippen molar-refractivity contribution in [3.8, 4) is 11.5 Å². The van der Waals surface area contributed by atoms with Crippen LogP contribution in [-0.2, 0) is 16.1 Å².